The molecule has 6 heteroatoms. The molecule has 0 amide bonds. The Morgan fingerprint density at radius 2 is 1.76 bits per heavy atom. The molecule has 1 aliphatic heterocycles. The summed E-state index contributed by atoms with van der Waals surface area (Å²) in [6.07, 6.45) is 2.24. The van der Waals surface area contributed by atoms with Gasteiger partial charge in [-0.05, 0) is 38.1 Å². The third kappa shape index (κ3) is 3.19. The zero-order valence-corrected chi connectivity index (χ0v) is 13.2. The highest BCUT2D eigenvalue weighted by atomic mass is 35.5. The summed E-state index contributed by atoms with van der Waals surface area (Å²) in [4.78, 5) is 11.5. The lowest BCUT2D eigenvalue weighted by Crippen LogP contribution is -2.41. The van der Waals surface area contributed by atoms with Crippen molar-refractivity contribution in [1.82, 2.24) is 15.3 Å². The Morgan fingerprint density at radius 3 is 2.38 bits per heavy atom. The van der Waals surface area contributed by atoms with Gasteiger partial charge in [0.2, 0.25) is 0 Å². The highest BCUT2D eigenvalue weighted by Gasteiger charge is 2.22. The fourth-order valence-electron chi connectivity index (χ4n) is 2.71. The predicted octanol–water partition coefficient (Wildman–Crippen LogP) is 2.25. The Kier molecular flexibility index (Phi) is 5.20. The number of fused-ring (bicyclic) bond motifs is 1. The van der Waals surface area contributed by atoms with Crippen LogP contribution in [0.3, 0.4) is 0 Å². The molecule has 21 heavy (non-hydrogen) atoms. The third-order valence-electron chi connectivity index (χ3n) is 3.91. The molecule has 0 radical (unpaired) electrons. The molecule has 2 heterocycles. The second kappa shape index (κ2) is 6.91. The first-order chi connectivity index (χ1) is 9.79. The fourth-order valence-corrected chi connectivity index (χ4v) is 2.71. The van der Waals surface area contributed by atoms with Gasteiger partial charge in [-0.2, -0.15) is 0 Å². The molecular weight excluding hydrogens is 288 g/mol. The van der Waals surface area contributed by atoms with Gasteiger partial charge in [0.25, 0.3) is 5.88 Å². The zero-order chi connectivity index (χ0) is 13.9. The molecule has 2 aromatic rings. The molecule has 0 spiro atoms. The van der Waals surface area contributed by atoms with Crippen molar-refractivity contribution in [3.8, 4) is 5.88 Å². The van der Waals surface area contributed by atoms with Gasteiger partial charge in [-0.3, -0.25) is 0 Å². The zero-order valence-electron chi connectivity index (χ0n) is 12.4. The third-order valence-corrected chi connectivity index (χ3v) is 3.91. The number of nitrogens with one attached hydrogen (secondary N) is 1. The molecule has 1 fully saturated rings. The molecule has 3 rings (SSSR count). The number of aromatic nitrogens is 2. The first-order valence-corrected chi connectivity index (χ1v) is 7.04. The Labute approximate surface area is 131 Å². The van der Waals surface area contributed by atoms with Crippen LogP contribution in [0.5, 0.6) is 5.88 Å². The molecule has 1 saturated heterocycles. The molecule has 0 bridgehead atoms. The van der Waals surface area contributed by atoms with E-state index in [0.29, 0.717) is 11.9 Å². The number of benzene rings is 1. The highest BCUT2D eigenvalue weighted by molar-refractivity contribution is 5.85. The molecule has 0 atom stereocenters. The number of rotatable bonds is 3. The van der Waals surface area contributed by atoms with Crippen molar-refractivity contribution in [2.24, 2.45) is 0 Å². The maximum absolute atomic E-state index is 5.43. The van der Waals surface area contributed by atoms with Crippen molar-refractivity contribution in [2.45, 2.75) is 18.9 Å². The summed E-state index contributed by atoms with van der Waals surface area (Å²) in [6.45, 7) is 2.11. The van der Waals surface area contributed by atoms with Crippen LogP contribution in [0.1, 0.15) is 12.8 Å². The van der Waals surface area contributed by atoms with E-state index in [-0.39, 0.29) is 12.4 Å². The summed E-state index contributed by atoms with van der Waals surface area (Å²) >= 11 is 0. The maximum Gasteiger partial charge on any atom is 0.257 e. The second-order valence-electron chi connectivity index (χ2n) is 5.14. The van der Waals surface area contributed by atoms with Gasteiger partial charge in [0.1, 0.15) is 0 Å². The smallest absolute Gasteiger partial charge is 0.257 e. The summed E-state index contributed by atoms with van der Waals surface area (Å²) in [6, 6.07) is 8.38. The van der Waals surface area contributed by atoms with E-state index in [4.69, 9.17) is 9.72 Å². The number of nitrogens with zero attached hydrogens (tertiary/aromatic N) is 3. The van der Waals surface area contributed by atoms with Crippen LogP contribution in [-0.2, 0) is 0 Å². The van der Waals surface area contributed by atoms with Crippen LogP contribution in [0.4, 0.5) is 5.82 Å². The van der Waals surface area contributed by atoms with Crippen molar-refractivity contribution in [3.63, 3.8) is 0 Å². The van der Waals surface area contributed by atoms with Gasteiger partial charge in [0.15, 0.2) is 5.82 Å². The molecule has 1 aromatic carbocycles. The maximum atomic E-state index is 5.43. The number of halogens is 1. The molecule has 0 saturated carbocycles. The van der Waals surface area contributed by atoms with E-state index in [9.17, 15) is 0 Å². The van der Waals surface area contributed by atoms with Gasteiger partial charge < -0.3 is 15.0 Å². The molecule has 5 nitrogen and oxygen atoms in total. The molecule has 1 aliphatic rings. The monoisotopic (exact) mass is 308 g/mol. The van der Waals surface area contributed by atoms with E-state index < -0.39 is 0 Å². The number of anilines is 1. The summed E-state index contributed by atoms with van der Waals surface area (Å²) in [7, 11) is 3.73. The second-order valence-corrected chi connectivity index (χ2v) is 5.14. The van der Waals surface area contributed by atoms with Crippen molar-refractivity contribution >= 4 is 29.3 Å². The molecule has 1 aromatic heterocycles. The molecule has 114 valence electrons. The highest BCUT2D eigenvalue weighted by Crippen LogP contribution is 2.28. The molecule has 0 unspecified atom stereocenters. The van der Waals surface area contributed by atoms with Crippen LogP contribution < -0.4 is 15.0 Å². The number of piperidine rings is 1. The van der Waals surface area contributed by atoms with Crippen molar-refractivity contribution in [2.75, 3.05) is 32.1 Å². The van der Waals surface area contributed by atoms with Gasteiger partial charge in [0.05, 0.1) is 18.1 Å². The topological polar surface area (TPSA) is 50.3 Å². The Morgan fingerprint density at radius 1 is 1.14 bits per heavy atom. The summed E-state index contributed by atoms with van der Waals surface area (Å²) in [5.74, 6) is 1.43. The quantitative estimate of drug-likeness (QED) is 0.942. The van der Waals surface area contributed by atoms with E-state index in [1.54, 1.807) is 7.11 Å². The van der Waals surface area contributed by atoms with Gasteiger partial charge >= 0.3 is 0 Å². The first kappa shape index (κ1) is 15.8. The van der Waals surface area contributed by atoms with Gasteiger partial charge in [-0.15, -0.1) is 12.4 Å². The largest absolute Gasteiger partial charge is 0.478 e. The predicted molar refractivity (Wildman–Crippen MR) is 87.6 cm³/mol. The molecular formula is C15H21ClN4O. The minimum absolute atomic E-state index is 0. The van der Waals surface area contributed by atoms with E-state index in [1.807, 2.05) is 24.3 Å². The standard InChI is InChI=1S/C15H20N4O.ClH/c1-19(11-7-9-16-10-8-11)14-15(20-2)18-13-6-4-3-5-12(13)17-14;/h3-6,11,16H,7-10H2,1-2H3;1H. The SMILES string of the molecule is COc1nc2ccccc2nc1N(C)C1CCNCC1.Cl. The number of para-hydroxylation sites is 2. The average Bonchev–Trinajstić information content (AvgIpc) is 2.53. The Balaban J connectivity index is 0.00000161. The fraction of sp³-hybridized carbons (Fsp3) is 0.467. The van der Waals surface area contributed by atoms with Crippen molar-refractivity contribution in [3.05, 3.63) is 24.3 Å². The van der Waals surface area contributed by atoms with Crippen molar-refractivity contribution in [1.29, 1.82) is 0 Å². The molecule has 1 N–H and O–H groups in total. The van der Waals surface area contributed by atoms with Crippen LogP contribution in [0.2, 0.25) is 0 Å². The average molecular weight is 309 g/mol. The first-order valence-electron chi connectivity index (χ1n) is 7.04. The number of ether oxygens (including phenoxy) is 1. The Bertz CT molecular complexity index is 601. The summed E-state index contributed by atoms with van der Waals surface area (Å²) in [5, 5.41) is 3.39. The number of hydrogen-bond acceptors (Lipinski definition) is 5. The van der Waals surface area contributed by atoms with Crippen LogP contribution in [-0.4, -0.2) is 43.3 Å². The van der Waals surface area contributed by atoms with E-state index in [2.05, 4.69) is 22.2 Å². The summed E-state index contributed by atoms with van der Waals surface area (Å²) in [5.41, 5.74) is 1.77. The minimum atomic E-state index is 0. The normalized spacial score (nSPS) is 15.5. The number of hydrogen-bond donors (Lipinski definition) is 1. The van der Waals surface area contributed by atoms with Crippen LogP contribution in [0.15, 0.2) is 24.3 Å². The minimum Gasteiger partial charge on any atom is -0.478 e. The lowest BCUT2D eigenvalue weighted by atomic mass is 10.1. The van der Waals surface area contributed by atoms with Crippen LogP contribution in [0.25, 0.3) is 11.0 Å². The van der Waals surface area contributed by atoms with E-state index in [0.717, 1.165) is 42.8 Å². The van der Waals surface area contributed by atoms with Gasteiger partial charge in [-0.25, -0.2) is 9.97 Å². The summed E-state index contributed by atoms with van der Waals surface area (Å²) < 4.78 is 5.43. The molecule has 0 aliphatic carbocycles. The van der Waals surface area contributed by atoms with Gasteiger partial charge in [-0.1, -0.05) is 12.1 Å². The van der Waals surface area contributed by atoms with E-state index in [1.165, 1.54) is 0 Å². The van der Waals surface area contributed by atoms with Crippen molar-refractivity contribution < 1.29 is 4.74 Å². The lowest BCUT2D eigenvalue weighted by Gasteiger charge is -2.32. The van der Waals surface area contributed by atoms with Crippen LogP contribution >= 0.6 is 12.4 Å². The lowest BCUT2D eigenvalue weighted by molar-refractivity contribution is 0.390. The van der Waals surface area contributed by atoms with E-state index >= 15 is 0 Å². The number of methoxy groups -OCH3 is 1. The van der Waals surface area contributed by atoms with Gasteiger partial charge in [0, 0.05) is 13.1 Å². The van der Waals surface area contributed by atoms with Crippen LogP contribution in [0, 0.1) is 0 Å². The Hall–Kier alpha value is -1.59.